The van der Waals surface area contributed by atoms with Crippen LogP contribution in [0.2, 0.25) is 0 Å². The van der Waals surface area contributed by atoms with Gasteiger partial charge in [-0.15, -0.1) is 11.8 Å². The normalized spacial score (nSPS) is 12.5. The van der Waals surface area contributed by atoms with Crippen LogP contribution in [-0.4, -0.2) is 31.8 Å². The Morgan fingerprint density at radius 2 is 1.29 bits per heavy atom. The number of halogens is 7. The molecule has 22 heteroatoms. The van der Waals surface area contributed by atoms with Crippen LogP contribution in [0.3, 0.4) is 0 Å². The number of hydrogen-bond acceptors (Lipinski definition) is 13. The maximum absolute atomic E-state index is 14.7. The lowest BCUT2D eigenvalue weighted by atomic mass is 10.0. The highest BCUT2D eigenvalue weighted by atomic mass is 32.2. The minimum absolute atomic E-state index is 0.00233. The van der Waals surface area contributed by atoms with Gasteiger partial charge in [-0.2, -0.15) is 36.5 Å². The zero-order valence-corrected chi connectivity index (χ0v) is 32.3. The summed E-state index contributed by atoms with van der Waals surface area (Å²) in [6.07, 6.45) is -9.28. The second-order valence-corrected chi connectivity index (χ2v) is 13.9. The van der Waals surface area contributed by atoms with Crippen LogP contribution in [0.4, 0.5) is 30.7 Å². The molecule has 12 nitrogen and oxygen atoms in total. The third kappa shape index (κ3) is 8.47. The largest absolute Gasteiger partial charge is 0.497 e. The Morgan fingerprint density at radius 1 is 0.729 bits per heavy atom. The van der Waals surface area contributed by atoms with Crippen molar-refractivity contribution >= 4 is 57.9 Å². The van der Waals surface area contributed by atoms with Crippen molar-refractivity contribution in [2.75, 3.05) is 7.11 Å². The minimum atomic E-state index is -4.68. The first-order chi connectivity index (χ1) is 28.3. The lowest BCUT2D eigenvalue weighted by Crippen LogP contribution is -2.08. The highest BCUT2D eigenvalue weighted by Crippen LogP contribution is 2.49. The molecule has 0 spiro atoms. The molecule has 0 aliphatic carbocycles. The van der Waals surface area contributed by atoms with Crippen molar-refractivity contribution in [2.45, 2.75) is 29.6 Å². The Labute approximate surface area is 341 Å². The predicted octanol–water partition coefficient (Wildman–Crippen LogP) is 9.67. The molecule has 8 rings (SSSR count). The highest BCUT2D eigenvalue weighted by Gasteiger charge is 2.42. The van der Waals surface area contributed by atoms with Crippen molar-refractivity contribution < 1.29 is 59.0 Å². The molecule has 0 amide bonds. The molecule has 0 radical (unpaired) electrons. The number of hydrogen-bond donors (Lipinski definition) is 3. The summed E-state index contributed by atoms with van der Waals surface area (Å²) in [6.45, 7) is -0.506. The van der Waals surface area contributed by atoms with E-state index in [4.69, 9.17) is 24.8 Å². The van der Waals surface area contributed by atoms with Crippen LogP contribution in [0.15, 0.2) is 95.9 Å². The number of aromatic nitrogens is 4. The molecule has 59 heavy (non-hydrogen) atoms. The second-order valence-electron chi connectivity index (χ2n) is 12.2. The second kappa shape index (κ2) is 17.2. The third-order valence-electron chi connectivity index (χ3n) is 8.86. The molecule has 1 aliphatic heterocycles. The first kappa shape index (κ1) is 41.9. The average Bonchev–Trinajstić information content (AvgIpc) is 3.84. The molecular formula is C37H27F7N6O6S3. The number of nitrogens with two attached hydrogens (primary N) is 2. The van der Waals surface area contributed by atoms with Gasteiger partial charge in [0.1, 0.15) is 36.0 Å². The summed E-state index contributed by atoms with van der Waals surface area (Å²) in [5.41, 5.74) is -0.155. The quantitative estimate of drug-likeness (QED) is 0.0393. The lowest BCUT2D eigenvalue weighted by molar-refractivity contribution is -0.143. The van der Waals surface area contributed by atoms with Crippen molar-refractivity contribution in [3.05, 3.63) is 119 Å². The van der Waals surface area contributed by atoms with Crippen LogP contribution < -0.4 is 24.8 Å². The number of benzene rings is 5. The third-order valence-corrected chi connectivity index (χ3v) is 10.3. The molecule has 5 N–H and O–H groups in total. The van der Waals surface area contributed by atoms with Crippen LogP contribution in [0.25, 0.3) is 44.3 Å². The van der Waals surface area contributed by atoms with Crippen LogP contribution >= 0.6 is 36.2 Å². The van der Waals surface area contributed by atoms with Gasteiger partial charge in [0.2, 0.25) is 0 Å². The van der Waals surface area contributed by atoms with E-state index in [1.165, 1.54) is 54.3 Å². The van der Waals surface area contributed by atoms with Crippen molar-refractivity contribution in [3.8, 4) is 39.9 Å². The molecule has 5 aromatic carbocycles. The van der Waals surface area contributed by atoms with Crippen LogP contribution in [0.5, 0.6) is 17.2 Å². The Kier molecular flexibility index (Phi) is 12.2. The molecule has 0 saturated heterocycles. The van der Waals surface area contributed by atoms with E-state index in [-0.39, 0.29) is 38.6 Å². The van der Waals surface area contributed by atoms with Crippen LogP contribution in [0.1, 0.15) is 22.5 Å². The minimum Gasteiger partial charge on any atom is -0.497 e. The zero-order chi connectivity index (χ0) is 42.1. The van der Waals surface area contributed by atoms with Crippen LogP contribution in [0, 0.1) is 5.82 Å². The summed E-state index contributed by atoms with van der Waals surface area (Å²) < 4.78 is 113. The van der Waals surface area contributed by atoms with Crippen molar-refractivity contribution in [3.63, 3.8) is 0 Å². The van der Waals surface area contributed by atoms with E-state index in [2.05, 4.69) is 18.9 Å². The van der Waals surface area contributed by atoms with Gasteiger partial charge in [-0.05, 0) is 78.2 Å². The molecule has 0 saturated carbocycles. The molecule has 0 bridgehead atoms. The zero-order valence-electron chi connectivity index (χ0n) is 29.9. The summed E-state index contributed by atoms with van der Waals surface area (Å²) >= 11 is 1.89. The molecule has 3 heterocycles. The first-order valence-electron chi connectivity index (χ1n) is 16.7. The fraction of sp³-hybridized carbons (Fsp3) is 0.135. The van der Waals surface area contributed by atoms with Crippen LogP contribution in [-0.2, 0) is 33.4 Å². The SMILES string of the molecule is COc1ccc2c(ccc3c(C(F)(F)F)nn(-c4ccc(OOSN)cc4)c32)c1.NSOOc1ccc(-n2nc(C(F)(F)F)c3c2-c2ccc(CO)c(F)c2CS3)cc1. The van der Waals surface area contributed by atoms with E-state index in [1.54, 1.807) is 48.5 Å². The average molecular weight is 881 g/mol. The number of ether oxygens (including phenoxy) is 1. The van der Waals surface area contributed by atoms with E-state index in [0.29, 0.717) is 63.8 Å². The number of rotatable bonds is 10. The highest BCUT2D eigenvalue weighted by molar-refractivity contribution is 7.98. The van der Waals surface area contributed by atoms with Gasteiger partial charge in [-0.1, -0.05) is 26.9 Å². The van der Waals surface area contributed by atoms with Gasteiger partial charge in [-0.25, -0.2) is 13.8 Å². The number of thioether (sulfide) groups is 1. The molecule has 308 valence electrons. The smallest absolute Gasteiger partial charge is 0.436 e. The van der Waals surface area contributed by atoms with Crippen molar-refractivity contribution in [1.82, 2.24) is 19.6 Å². The van der Waals surface area contributed by atoms with E-state index in [0.717, 1.165) is 21.8 Å². The topological polar surface area (TPSA) is 154 Å². The first-order valence-corrected chi connectivity index (χ1v) is 19.3. The summed E-state index contributed by atoms with van der Waals surface area (Å²) in [5, 5.41) is 28.6. The summed E-state index contributed by atoms with van der Waals surface area (Å²) in [6, 6.07) is 23.3. The molecule has 2 aromatic heterocycles. The predicted molar refractivity (Wildman–Crippen MR) is 207 cm³/mol. The Balaban J connectivity index is 0.000000179. The van der Waals surface area contributed by atoms with Gasteiger partial charge in [-0.3, -0.25) is 10.3 Å². The number of aliphatic hydroxyl groups is 1. The monoisotopic (exact) mass is 880 g/mol. The molecular weight excluding hydrogens is 854 g/mol. The Hall–Kier alpha value is -5.20. The lowest BCUT2D eigenvalue weighted by Gasteiger charge is -2.20. The van der Waals surface area contributed by atoms with Gasteiger partial charge < -0.3 is 19.6 Å². The standard InChI is InChI=1S/C19H14F3N3O3S.C18H13F4N3O3S2/c1-26-14-7-9-15-11(10-14)2-8-16-17(15)25(24-18(16)19(20,21)22)12-3-5-13(6-4-12)27-28-29-23;19-14-9(7-26)1-6-12-13(14)8-29-16-15(12)25(24-17(16)18(20,21)22)10-2-4-11(5-3-10)27-28-30-23/h2-10H,23H2,1H3;1-6,26H,7-8,23H2. The molecule has 1 aliphatic rings. The summed E-state index contributed by atoms with van der Waals surface area (Å²) in [5.74, 6) is 0.598. The van der Waals surface area contributed by atoms with Gasteiger partial charge >= 0.3 is 12.4 Å². The fourth-order valence-corrected chi connectivity index (χ4v) is 7.72. The number of fused-ring (bicyclic) bond motifs is 6. The number of methoxy groups -OCH3 is 1. The Bertz CT molecular complexity index is 2620. The number of aliphatic hydroxyl groups excluding tert-OH is 1. The number of nitrogens with zero attached hydrogens (tertiary/aromatic N) is 4. The maximum Gasteiger partial charge on any atom is 0.436 e. The molecule has 0 atom stereocenters. The molecule has 0 fully saturated rings. The van der Waals surface area contributed by atoms with E-state index in [1.807, 2.05) is 0 Å². The Morgan fingerprint density at radius 3 is 1.85 bits per heavy atom. The molecule has 0 unspecified atom stereocenters. The van der Waals surface area contributed by atoms with E-state index >= 15 is 0 Å². The molecule has 7 aromatic rings. The van der Waals surface area contributed by atoms with Gasteiger partial charge in [0.25, 0.3) is 0 Å². The van der Waals surface area contributed by atoms with E-state index < -0.39 is 36.2 Å². The van der Waals surface area contributed by atoms with E-state index in [9.17, 15) is 35.8 Å². The van der Waals surface area contributed by atoms with Crippen molar-refractivity contribution in [2.24, 2.45) is 10.3 Å². The maximum atomic E-state index is 14.7. The summed E-state index contributed by atoms with van der Waals surface area (Å²) in [4.78, 5) is 9.70. The van der Waals surface area contributed by atoms with Gasteiger partial charge in [0.15, 0.2) is 22.9 Å². The van der Waals surface area contributed by atoms with Crippen molar-refractivity contribution in [1.29, 1.82) is 0 Å². The van der Waals surface area contributed by atoms with Gasteiger partial charge in [0.05, 0.1) is 41.2 Å². The number of alkyl halides is 6. The fourth-order valence-electron chi connectivity index (χ4n) is 6.29. The summed E-state index contributed by atoms with van der Waals surface area (Å²) in [7, 11) is 1.53. The van der Waals surface area contributed by atoms with Gasteiger partial charge in [0, 0.05) is 33.2 Å².